The smallest absolute Gasteiger partial charge is 0.338 e. The molecule has 0 radical (unpaired) electrons. The van der Waals surface area contributed by atoms with Crippen molar-refractivity contribution in [2.24, 2.45) is 0 Å². The summed E-state index contributed by atoms with van der Waals surface area (Å²) in [6.45, 7) is 3.02. The van der Waals surface area contributed by atoms with Gasteiger partial charge in [-0.3, -0.25) is 14.9 Å². The Morgan fingerprint density at radius 1 is 1.12 bits per heavy atom. The SMILES string of the molecule is Cc1cc(C(=O)OC(C)C(=O)c2ccc(Br)cc2)ccc1[N+](=O)[O-]. The first kappa shape index (κ1) is 17.8. The van der Waals surface area contributed by atoms with Crippen molar-refractivity contribution in [3.8, 4) is 0 Å². The molecule has 6 nitrogen and oxygen atoms in total. The summed E-state index contributed by atoms with van der Waals surface area (Å²) in [5.41, 5.74) is 0.860. The topological polar surface area (TPSA) is 86.5 Å². The number of carbonyl (C=O) groups excluding carboxylic acids is 2. The number of benzene rings is 2. The van der Waals surface area contributed by atoms with Crippen LogP contribution in [-0.2, 0) is 4.74 Å². The molecule has 0 bridgehead atoms. The van der Waals surface area contributed by atoms with Crippen molar-refractivity contribution in [3.05, 3.63) is 73.7 Å². The minimum Gasteiger partial charge on any atom is -0.451 e. The fourth-order valence-corrected chi connectivity index (χ4v) is 2.38. The molecular formula is C17H14BrNO5. The molecule has 0 aliphatic carbocycles. The Kier molecular flexibility index (Phi) is 5.46. The average Bonchev–Trinajstić information content (AvgIpc) is 2.54. The highest BCUT2D eigenvalue weighted by Crippen LogP contribution is 2.20. The number of ether oxygens (including phenoxy) is 1. The Bertz CT molecular complexity index is 801. The number of nitrogens with zero attached hydrogens (tertiary/aromatic N) is 1. The Morgan fingerprint density at radius 2 is 1.71 bits per heavy atom. The number of hydrogen-bond donors (Lipinski definition) is 0. The van der Waals surface area contributed by atoms with E-state index in [0.29, 0.717) is 11.1 Å². The lowest BCUT2D eigenvalue weighted by Crippen LogP contribution is -2.24. The maximum atomic E-state index is 12.3. The molecule has 0 heterocycles. The second-order valence-electron chi connectivity index (χ2n) is 5.18. The number of aryl methyl sites for hydroxylation is 1. The predicted octanol–water partition coefficient (Wildman–Crippen LogP) is 4.09. The number of nitro benzene ring substituents is 1. The molecule has 0 aliphatic heterocycles. The van der Waals surface area contributed by atoms with Crippen LogP contribution in [0.4, 0.5) is 5.69 Å². The van der Waals surface area contributed by atoms with E-state index in [2.05, 4.69) is 15.9 Å². The molecule has 2 aromatic carbocycles. The molecule has 2 aromatic rings. The minimum absolute atomic E-state index is 0.0782. The third-order valence-corrected chi connectivity index (χ3v) is 3.94. The van der Waals surface area contributed by atoms with E-state index < -0.39 is 17.0 Å². The van der Waals surface area contributed by atoms with Crippen LogP contribution in [0.5, 0.6) is 0 Å². The van der Waals surface area contributed by atoms with Crippen molar-refractivity contribution in [1.29, 1.82) is 0 Å². The van der Waals surface area contributed by atoms with Gasteiger partial charge in [0.25, 0.3) is 5.69 Å². The van der Waals surface area contributed by atoms with Crippen molar-refractivity contribution in [2.75, 3.05) is 0 Å². The lowest BCUT2D eigenvalue weighted by Gasteiger charge is -2.12. The lowest BCUT2D eigenvalue weighted by molar-refractivity contribution is -0.385. The number of Topliss-reactive ketones (excluding diaryl/α,β-unsaturated/α-hetero) is 1. The van der Waals surface area contributed by atoms with E-state index in [4.69, 9.17) is 4.74 Å². The van der Waals surface area contributed by atoms with Crippen LogP contribution in [0.1, 0.15) is 33.2 Å². The quantitative estimate of drug-likeness (QED) is 0.331. The summed E-state index contributed by atoms with van der Waals surface area (Å²) < 4.78 is 6.01. The van der Waals surface area contributed by atoms with Crippen molar-refractivity contribution in [1.82, 2.24) is 0 Å². The number of rotatable bonds is 5. The van der Waals surface area contributed by atoms with Crippen LogP contribution < -0.4 is 0 Å². The van der Waals surface area contributed by atoms with Crippen molar-refractivity contribution < 1.29 is 19.2 Å². The van der Waals surface area contributed by atoms with Crippen LogP contribution >= 0.6 is 15.9 Å². The molecule has 2 rings (SSSR count). The van der Waals surface area contributed by atoms with E-state index >= 15 is 0 Å². The molecule has 1 unspecified atom stereocenters. The molecule has 0 aromatic heterocycles. The van der Waals surface area contributed by atoms with Gasteiger partial charge in [-0.25, -0.2) is 4.79 Å². The second kappa shape index (κ2) is 7.35. The molecule has 0 saturated carbocycles. The van der Waals surface area contributed by atoms with Gasteiger partial charge < -0.3 is 4.74 Å². The first-order valence-electron chi connectivity index (χ1n) is 7.05. The summed E-state index contributed by atoms with van der Waals surface area (Å²) >= 11 is 3.28. The Morgan fingerprint density at radius 3 is 2.25 bits per heavy atom. The maximum Gasteiger partial charge on any atom is 0.338 e. The van der Waals surface area contributed by atoms with Gasteiger partial charge in [0, 0.05) is 21.7 Å². The molecule has 1 atom stereocenters. The van der Waals surface area contributed by atoms with Gasteiger partial charge in [0.05, 0.1) is 10.5 Å². The van der Waals surface area contributed by atoms with Gasteiger partial charge >= 0.3 is 5.97 Å². The largest absolute Gasteiger partial charge is 0.451 e. The molecule has 0 N–H and O–H groups in total. The summed E-state index contributed by atoms with van der Waals surface area (Å²) in [5.74, 6) is -1.03. The Balaban J connectivity index is 2.11. The van der Waals surface area contributed by atoms with E-state index in [1.807, 2.05) is 0 Å². The van der Waals surface area contributed by atoms with E-state index in [9.17, 15) is 19.7 Å². The molecular weight excluding hydrogens is 378 g/mol. The average molecular weight is 392 g/mol. The van der Waals surface area contributed by atoms with Gasteiger partial charge in [-0.1, -0.05) is 28.1 Å². The zero-order valence-corrected chi connectivity index (χ0v) is 14.6. The summed E-state index contributed by atoms with van der Waals surface area (Å²) in [7, 11) is 0. The molecule has 0 saturated heterocycles. The van der Waals surface area contributed by atoms with Crippen molar-refractivity contribution >= 4 is 33.4 Å². The monoisotopic (exact) mass is 391 g/mol. The Labute approximate surface area is 146 Å². The van der Waals surface area contributed by atoms with Crippen LogP contribution in [0, 0.1) is 17.0 Å². The van der Waals surface area contributed by atoms with Crippen LogP contribution in [0.15, 0.2) is 46.9 Å². The molecule has 0 spiro atoms. The zero-order valence-electron chi connectivity index (χ0n) is 13.0. The van der Waals surface area contributed by atoms with Gasteiger partial charge in [-0.15, -0.1) is 0 Å². The van der Waals surface area contributed by atoms with Crippen LogP contribution in [0.2, 0.25) is 0 Å². The fraction of sp³-hybridized carbons (Fsp3) is 0.176. The number of ketones is 1. The molecule has 0 fully saturated rings. The third-order valence-electron chi connectivity index (χ3n) is 3.41. The highest BCUT2D eigenvalue weighted by molar-refractivity contribution is 9.10. The maximum absolute atomic E-state index is 12.3. The number of esters is 1. The van der Waals surface area contributed by atoms with E-state index in [0.717, 1.165) is 4.47 Å². The molecule has 0 amide bonds. The minimum atomic E-state index is -0.964. The van der Waals surface area contributed by atoms with Gasteiger partial charge in [0.15, 0.2) is 6.10 Å². The first-order chi connectivity index (χ1) is 11.3. The number of carbonyl (C=O) groups is 2. The van der Waals surface area contributed by atoms with Crippen molar-refractivity contribution in [3.63, 3.8) is 0 Å². The first-order valence-corrected chi connectivity index (χ1v) is 7.84. The van der Waals surface area contributed by atoms with Gasteiger partial charge in [-0.05, 0) is 38.1 Å². The van der Waals surface area contributed by atoms with Gasteiger partial charge in [0.2, 0.25) is 5.78 Å². The van der Waals surface area contributed by atoms with Crippen molar-refractivity contribution in [2.45, 2.75) is 20.0 Å². The highest BCUT2D eigenvalue weighted by atomic mass is 79.9. The number of nitro groups is 1. The summed E-state index contributed by atoms with van der Waals surface area (Å²) in [4.78, 5) is 34.6. The van der Waals surface area contributed by atoms with E-state index in [1.54, 1.807) is 24.3 Å². The Hall–Kier alpha value is -2.54. The summed E-state index contributed by atoms with van der Waals surface area (Å²) in [5, 5.41) is 10.8. The van der Waals surface area contributed by atoms with E-state index in [1.165, 1.54) is 32.0 Å². The summed E-state index contributed by atoms with van der Waals surface area (Å²) in [6, 6.07) is 10.6. The lowest BCUT2D eigenvalue weighted by atomic mass is 10.1. The normalized spacial score (nSPS) is 11.6. The van der Waals surface area contributed by atoms with Gasteiger partial charge in [0.1, 0.15) is 0 Å². The predicted molar refractivity (Wildman–Crippen MR) is 91.2 cm³/mol. The molecule has 0 aliphatic rings. The number of halogens is 1. The number of hydrogen-bond acceptors (Lipinski definition) is 5. The molecule has 24 heavy (non-hydrogen) atoms. The van der Waals surface area contributed by atoms with Crippen LogP contribution in [0.3, 0.4) is 0 Å². The van der Waals surface area contributed by atoms with E-state index in [-0.39, 0.29) is 17.0 Å². The fourth-order valence-electron chi connectivity index (χ4n) is 2.12. The molecule has 124 valence electrons. The standard InChI is InChI=1S/C17H14BrNO5/c1-10-9-13(5-8-15(10)19(22)23)17(21)24-11(2)16(20)12-3-6-14(18)7-4-12/h3-9,11H,1-2H3. The third kappa shape index (κ3) is 4.05. The van der Waals surface area contributed by atoms with Crippen LogP contribution in [-0.4, -0.2) is 22.8 Å². The van der Waals surface area contributed by atoms with Gasteiger partial charge in [-0.2, -0.15) is 0 Å². The molecule has 7 heteroatoms. The second-order valence-corrected chi connectivity index (χ2v) is 6.09. The van der Waals surface area contributed by atoms with Crippen LogP contribution in [0.25, 0.3) is 0 Å². The highest BCUT2D eigenvalue weighted by Gasteiger charge is 2.21. The zero-order chi connectivity index (χ0) is 17.9. The summed E-state index contributed by atoms with van der Waals surface area (Å²) in [6.07, 6.45) is -0.964.